The SMILES string of the molecule is CN(C)CC1CCCN1C(CN)c1cccc(F)c1. The molecule has 106 valence electrons. The maximum absolute atomic E-state index is 13.4. The average molecular weight is 265 g/mol. The molecule has 2 atom stereocenters. The first-order valence-electron chi connectivity index (χ1n) is 6.98. The van der Waals surface area contributed by atoms with Gasteiger partial charge in [0.25, 0.3) is 0 Å². The summed E-state index contributed by atoms with van der Waals surface area (Å²) in [6, 6.07) is 7.49. The van der Waals surface area contributed by atoms with Crippen molar-refractivity contribution >= 4 is 0 Å². The lowest BCUT2D eigenvalue weighted by molar-refractivity contribution is 0.155. The molecular weight excluding hydrogens is 241 g/mol. The van der Waals surface area contributed by atoms with Crippen LogP contribution in [0.3, 0.4) is 0 Å². The molecule has 0 radical (unpaired) electrons. The molecule has 4 heteroatoms. The van der Waals surface area contributed by atoms with Gasteiger partial charge in [0, 0.05) is 25.2 Å². The van der Waals surface area contributed by atoms with E-state index in [4.69, 9.17) is 5.73 Å². The van der Waals surface area contributed by atoms with E-state index in [0.29, 0.717) is 12.6 Å². The van der Waals surface area contributed by atoms with E-state index in [0.717, 1.165) is 18.7 Å². The molecule has 0 amide bonds. The summed E-state index contributed by atoms with van der Waals surface area (Å²) in [6.07, 6.45) is 2.40. The van der Waals surface area contributed by atoms with Crippen LogP contribution in [0.4, 0.5) is 4.39 Å². The second kappa shape index (κ2) is 6.46. The Morgan fingerprint density at radius 1 is 1.47 bits per heavy atom. The summed E-state index contributed by atoms with van der Waals surface area (Å²) >= 11 is 0. The zero-order chi connectivity index (χ0) is 13.8. The van der Waals surface area contributed by atoms with Gasteiger partial charge in [0.05, 0.1) is 0 Å². The number of likely N-dealkylation sites (N-methyl/N-ethyl adjacent to an activating group) is 1. The van der Waals surface area contributed by atoms with E-state index >= 15 is 0 Å². The zero-order valence-electron chi connectivity index (χ0n) is 11.8. The summed E-state index contributed by atoms with van der Waals surface area (Å²) in [5, 5.41) is 0. The Morgan fingerprint density at radius 2 is 2.26 bits per heavy atom. The first-order valence-corrected chi connectivity index (χ1v) is 6.98. The molecule has 0 aromatic heterocycles. The molecule has 0 aliphatic carbocycles. The molecule has 1 aliphatic heterocycles. The van der Waals surface area contributed by atoms with Crippen LogP contribution in [0.15, 0.2) is 24.3 Å². The summed E-state index contributed by atoms with van der Waals surface area (Å²) in [6.45, 7) is 2.62. The Balaban J connectivity index is 2.16. The van der Waals surface area contributed by atoms with E-state index in [2.05, 4.69) is 23.9 Å². The highest BCUT2D eigenvalue weighted by atomic mass is 19.1. The van der Waals surface area contributed by atoms with Crippen molar-refractivity contribution in [3.05, 3.63) is 35.6 Å². The molecule has 2 unspecified atom stereocenters. The van der Waals surface area contributed by atoms with E-state index in [1.807, 2.05) is 6.07 Å². The lowest BCUT2D eigenvalue weighted by Gasteiger charge is -2.34. The van der Waals surface area contributed by atoms with Gasteiger partial charge in [-0.1, -0.05) is 12.1 Å². The maximum Gasteiger partial charge on any atom is 0.123 e. The van der Waals surface area contributed by atoms with Crippen molar-refractivity contribution in [2.75, 3.05) is 33.7 Å². The van der Waals surface area contributed by atoms with Crippen LogP contribution in [0.2, 0.25) is 0 Å². The monoisotopic (exact) mass is 265 g/mol. The number of likely N-dealkylation sites (tertiary alicyclic amines) is 1. The van der Waals surface area contributed by atoms with Crippen LogP contribution in [0.5, 0.6) is 0 Å². The quantitative estimate of drug-likeness (QED) is 0.882. The molecule has 1 aliphatic rings. The second-order valence-electron chi connectivity index (χ2n) is 5.60. The third-order valence-corrected chi connectivity index (χ3v) is 3.86. The number of rotatable bonds is 5. The lowest BCUT2D eigenvalue weighted by atomic mass is 10.0. The van der Waals surface area contributed by atoms with Gasteiger partial charge in [-0.25, -0.2) is 4.39 Å². The molecule has 2 rings (SSSR count). The van der Waals surface area contributed by atoms with Gasteiger partial charge in [-0.05, 0) is 51.2 Å². The molecule has 3 nitrogen and oxygen atoms in total. The Labute approximate surface area is 115 Å². The summed E-state index contributed by atoms with van der Waals surface area (Å²) in [5.74, 6) is -0.181. The summed E-state index contributed by atoms with van der Waals surface area (Å²) < 4.78 is 13.4. The lowest BCUT2D eigenvalue weighted by Crippen LogP contribution is -2.42. The normalized spacial score (nSPS) is 22.1. The highest BCUT2D eigenvalue weighted by Gasteiger charge is 2.31. The van der Waals surface area contributed by atoms with Crippen LogP contribution in [0, 0.1) is 5.82 Å². The Bertz CT molecular complexity index is 408. The van der Waals surface area contributed by atoms with Crippen molar-refractivity contribution in [3.8, 4) is 0 Å². The number of hydrogen-bond acceptors (Lipinski definition) is 3. The number of nitrogens with zero attached hydrogens (tertiary/aromatic N) is 2. The first kappa shape index (κ1) is 14.4. The molecule has 0 saturated carbocycles. The molecule has 1 aromatic rings. The fraction of sp³-hybridized carbons (Fsp3) is 0.600. The molecule has 1 saturated heterocycles. The van der Waals surface area contributed by atoms with Crippen LogP contribution < -0.4 is 5.73 Å². The number of nitrogens with two attached hydrogens (primary N) is 1. The third-order valence-electron chi connectivity index (χ3n) is 3.86. The van der Waals surface area contributed by atoms with Crippen molar-refractivity contribution in [1.29, 1.82) is 0 Å². The van der Waals surface area contributed by atoms with Crippen LogP contribution in [0.25, 0.3) is 0 Å². The van der Waals surface area contributed by atoms with Crippen molar-refractivity contribution in [2.24, 2.45) is 5.73 Å². The maximum atomic E-state index is 13.4. The van der Waals surface area contributed by atoms with Crippen LogP contribution in [-0.4, -0.2) is 49.6 Å². The van der Waals surface area contributed by atoms with Crippen molar-refractivity contribution in [2.45, 2.75) is 24.9 Å². The van der Waals surface area contributed by atoms with Crippen molar-refractivity contribution in [3.63, 3.8) is 0 Å². The molecule has 1 fully saturated rings. The van der Waals surface area contributed by atoms with Crippen molar-refractivity contribution in [1.82, 2.24) is 9.80 Å². The minimum Gasteiger partial charge on any atom is -0.329 e. The van der Waals surface area contributed by atoms with Gasteiger partial charge in [-0.15, -0.1) is 0 Å². The standard InChI is InChI=1S/C15H24FN3/c1-18(2)11-14-7-4-8-19(14)15(10-17)12-5-3-6-13(16)9-12/h3,5-6,9,14-15H,4,7-8,10-11,17H2,1-2H3. The predicted octanol–water partition coefficient (Wildman–Crippen LogP) is 1.85. The molecule has 0 bridgehead atoms. The van der Waals surface area contributed by atoms with E-state index in [-0.39, 0.29) is 11.9 Å². The smallest absolute Gasteiger partial charge is 0.123 e. The number of halogens is 1. The molecule has 19 heavy (non-hydrogen) atoms. The van der Waals surface area contributed by atoms with E-state index in [1.165, 1.54) is 18.9 Å². The summed E-state index contributed by atoms with van der Waals surface area (Å²) in [7, 11) is 4.19. The Hall–Kier alpha value is -0.970. The molecule has 1 aromatic carbocycles. The largest absolute Gasteiger partial charge is 0.329 e. The van der Waals surface area contributed by atoms with E-state index in [1.54, 1.807) is 12.1 Å². The minimum atomic E-state index is -0.181. The Kier molecular flexibility index (Phi) is 4.91. The number of hydrogen-bond donors (Lipinski definition) is 1. The molecule has 0 spiro atoms. The zero-order valence-corrected chi connectivity index (χ0v) is 11.8. The van der Waals surface area contributed by atoms with Crippen LogP contribution >= 0.6 is 0 Å². The van der Waals surface area contributed by atoms with Crippen LogP contribution in [0.1, 0.15) is 24.4 Å². The van der Waals surface area contributed by atoms with E-state index in [9.17, 15) is 4.39 Å². The van der Waals surface area contributed by atoms with Gasteiger partial charge < -0.3 is 10.6 Å². The fourth-order valence-electron chi connectivity index (χ4n) is 3.06. The molecule has 2 N–H and O–H groups in total. The first-order chi connectivity index (χ1) is 9.11. The van der Waals surface area contributed by atoms with Gasteiger partial charge in [0.2, 0.25) is 0 Å². The van der Waals surface area contributed by atoms with Gasteiger partial charge in [-0.3, -0.25) is 4.90 Å². The minimum absolute atomic E-state index is 0.128. The topological polar surface area (TPSA) is 32.5 Å². The van der Waals surface area contributed by atoms with Gasteiger partial charge in [-0.2, -0.15) is 0 Å². The second-order valence-corrected chi connectivity index (χ2v) is 5.60. The van der Waals surface area contributed by atoms with Crippen molar-refractivity contribution < 1.29 is 4.39 Å². The molecule has 1 heterocycles. The highest BCUT2D eigenvalue weighted by Crippen LogP contribution is 2.29. The van der Waals surface area contributed by atoms with Gasteiger partial charge >= 0.3 is 0 Å². The van der Waals surface area contributed by atoms with Gasteiger partial charge in [0.15, 0.2) is 0 Å². The fourth-order valence-corrected chi connectivity index (χ4v) is 3.06. The Morgan fingerprint density at radius 3 is 2.89 bits per heavy atom. The predicted molar refractivity (Wildman–Crippen MR) is 76.5 cm³/mol. The van der Waals surface area contributed by atoms with Gasteiger partial charge in [0.1, 0.15) is 5.82 Å². The average Bonchev–Trinajstić information content (AvgIpc) is 2.78. The third kappa shape index (κ3) is 3.53. The number of benzene rings is 1. The highest BCUT2D eigenvalue weighted by molar-refractivity contribution is 5.21. The summed E-state index contributed by atoms with van der Waals surface area (Å²) in [5.41, 5.74) is 6.94. The molecular formula is C15H24FN3. The van der Waals surface area contributed by atoms with E-state index < -0.39 is 0 Å². The van der Waals surface area contributed by atoms with Crippen LogP contribution in [-0.2, 0) is 0 Å². The summed E-state index contributed by atoms with van der Waals surface area (Å²) in [4.78, 5) is 4.65.